The lowest BCUT2D eigenvalue weighted by molar-refractivity contribution is -0.158. The van der Waals surface area contributed by atoms with Crippen molar-refractivity contribution in [2.24, 2.45) is 0 Å². The SMILES string of the molecule is CCCOc1ccc(CCC(=O)N2CCOC[C@H]2C(=O)O)cc1. The third-order valence-corrected chi connectivity index (χ3v) is 3.76. The molecule has 6 heteroatoms. The van der Waals surface area contributed by atoms with E-state index < -0.39 is 12.0 Å². The molecule has 0 aromatic heterocycles. The van der Waals surface area contributed by atoms with Crippen LogP contribution in [0, 0.1) is 0 Å². The molecule has 1 N–H and O–H groups in total. The lowest BCUT2D eigenvalue weighted by Crippen LogP contribution is -2.52. The van der Waals surface area contributed by atoms with E-state index in [1.54, 1.807) is 0 Å². The summed E-state index contributed by atoms with van der Waals surface area (Å²) in [6.07, 6.45) is 1.83. The van der Waals surface area contributed by atoms with Gasteiger partial charge in [0.25, 0.3) is 0 Å². The Morgan fingerprint density at radius 3 is 2.74 bits per heavy atom. The van der Waals surface area contributed by atoms with Crippen molar-refractivity contribution < 1.29 is 24.2 Å². The molecule has 1 fully saturated rings. The fourth-order valence-electron chi connectivity index (χ4n) is 2.47. The third-order valence-electron chi connectivity index (χ3n) is 3.76. The van der Waals surface area contributed by atoms with Crippen molar-refractivity contribution in [3.8, 4) is 5.75 Å². The van der Waals surface area contributed by atoms with Gasteiger partial charge in [-0.05, 0) is 30.5 Å². The summed E-state index contributed by atoms with van der Waals surface area (Å²) in [6, 6.07) is 6.79. The smallest absolute Gasteiger partial charge is 0.328 e. The molecule has 0 radical (unpaired) electrons. The van der Waals surface area contributed by atoms with Gasteiger partial charge in [0.2, 0.25) is 5.91 Å². The molecule has 1 heterocycles. The molecule has 0 spiro atoms. The summed E-state index contributed by atoms with van der Waals surface area (Å²) >= 11 is 0. The Bertz CT molecular complexity index is 528. The van der Waals surface area contributed by atoms with Crippen LogP contribution in [0.4, 0.5) is 0 Å². The van der Waals surface area contributed by atoms with Gasteiger partial charge in [-0.1, -0.05) is 19.1 Å². The first-order valence-corrected chi connectivity index (χ1v) is 7.93. The first-order valence-electron chi connectivity index (χ1n) is 7.93. The molecule has 1 aromatic carbocycles. The molecule has 1 aliphatic heterocycles. The molecule has 1 aromatic rings. The Labute approximate surface area is 136 Å². The van der Waals surface area contributed by atoms with Crippen LogP contribution in [0.2, 0.25) is 0 Å². The minimum absolute atomic E-state index is 0.0601. The highest BCUT2D eigenvalue weighted by Gasteiger charge is 2.32. The van der Waals surface area contributed by atoms with Gasteiger partial charge in [-0.15, -0.1) is 0 Å². The fourth-order valence-corrected chi connectivity index (χ4v) is 2.47. The quantitative estimate of drug-likeness (QED) is 0.827. The van der Waals surface area contributed by atoms with Crippen LogP contribution >= 0.6 is 0 Å². The number of ether oxygens (including phenoxy) is 2. The van der Waals surface area contributed by atoms with Gasteiger partial charge in [-0.3, -0.25) is 4.79 Å². The molecule has 0 saturated carbocycles. The van der Waals surface area contributed by atoms with E-state index in [1.807, 2.05) is 24.3 Å². The zero-order valence-corrected chi connectivity index (χ0v) is 13.4. The molecular weight excluding hydrogens is 298 g/mol. The first kappa shape index (κ1) is 17.3. The number of aryl methyl sites for hydroxylation is 1. The topological polar surface area (TPSA) is 76.1 Å². The largest absolute Gasteiger partial charge is 0.494 e. The number of morpholine rings is 1. The standard InChI is InChI=1S/C17H23NO5/c1-2-10-23-14-6-3-13(4-7-14)5-8-16(19)18-9-11-22-12-15(18)17(20)21/h3-4,6-7,15H,2,5,8-12H2,1H3,(H,20,21)/t15-/m0/s1. The molecule has 0 unspecified atom stereocenters. The second-order valence-corrected chi connectivity index (χ2v) is 5.51. The number of carbonyl (C=O) groups is 2. The number of nitrogens with zero attached hydrogens (tertiary/aromatic N) is 1. The molecule has 23 heavy (non-hydrogen) atoms. The van der Waals surface area contributed by atoms with Crippen molar-refractivity contribution in [1.82, 2.24) is 4.90 Å². The molecular formula is C17H23NO5. The van der Waals surface area contributed by atoms with Gasteiger partial charge in [0.15, 0.2) is 6.04 Å². The van der Waals surface area contributed by atoms with E-state index in [-0.39, 0.29) is 12.5 Å². The van der Waals surface area contributed by atoms with Crippen molar-refractivity contribution in [3.63, 3.8) is 0 Å². The molecule has 0 bridgehead atoms. The monoisotopic (exact) mass is 321 g/mol. The Morgan fingerprint density at radius 1 is 1.35 bits per heavy atom. The molecule has 1 atom stereocenters. The molecule has 1 aliphatic rings. The maximum absolute atomic E-state index is 12.3. The summed E-state index contributed by atoms with van der Waals surface area (Å²) in [6.45, 7) is 3.52. The van der Waals surface area contributed by atoms with Crippen LogP contribution in [-0.2, 0) is 20.7 Å². The summed E-state index contributed by atoms with van der Waals surface area (Å²) in [5, 5.41) is 9.16. The van der Waals surface area contributed by atoms with E-state index in [1.165, 1.54) is 4.90 Å². The van der Waals surface area contributed by atoms with Gasteiger partial charge < -0.3 is 19.5 Å². The fraction of sp³-hybridized carbons (Fsp3) is 0.529. The number of hydrogen-bond donors (Lipinski definition) is 1. The minimum Gasteiger partial charge on any atom is -0.494 e. The van der Waals surface area contributed by atoms with Crippen molar-refractivity contribution in [1.29, 1.82) is 0 Å². The second kappa shape index (κ2) is 8.53. The van der Waals surface area contributed by atoms with Crippen LogP contribution in [0.15, 0.2) is 24.3 Å². The summed E-state index contributed by atoms with van der Waals surface area (Å²) in [4.78, 5) is 24.9. The van der Waals surface area contributed by atoms with Crippen LogP contribution in [-0.4, -0.2) is 54.3 Å². The second-order valence-electron chi connectivity index (χ2n) is 5.51. The highest BCUT2D eigenvalue weighted by Crippen LogP contribution is 2.15. The maximum atomic E-state index is 12.3. The minimum atomic E-state index is -1.02. The predicted octanol–water partition coefficient (Wildman–Crippen LogP) is 1.72. The number of carboxylic acid groups (broad SMARTS) is 1. The van der Waals surface area contributed by atoms with Gasteiger partial charge >= 0.3 is 5.97 Å². The molecule has 1 saturated heterocycles. The number of carbonyl (C=O) groups excluding carboxylic acids is 1. The van der Waals surface area contributed by atoms with E-state index in [0.717, 1.165) is 17.7 Å². The zero-order chi connectivity index (χ0) is 16.7. The highest BCUT2D eigenvalue weighted by molar-refractivity contribution is 5.84. The van der Waals surface area contributed by atoms with Crippen molar-refractivity contribution in [2.75, 3.05) is 26.4 Å². The van der Waals surface area contributed by atoms with Gasteiger partial charge in [0.1, 0.15) is 5.75 Å². The van der Waals surface area contributed by atoms with E-state index in [0.29, 0.717) is 32.6 Å². The van der Waals surface area contributed by atoms with Gasteiger partial charge in [0, 0.05) is 13.0 Å². The number of amides is 1. The van der Waals surface area contributed by atoms with Gasteiger partial charge in [-0.2, -0.15) is 0 Å². The first-order chi connectivity index (χ1) is 11.1. The summed E-state index contributed by atoms with van der Waals surface area (Å²) in [5.41, 5.74) is 1.03. The summed E-state index contributed by atoms with van der Waals surface area (Å²) < 4.78 is 10.7. The van der Waals surface area contributed by atoms with Crippen LogP contribution in [0.1, 0.15) is 25.3 Å². The zero-order valence-electron chi connectivity index (χ0n) is 13.4. The number of carboxylic acids is 1. The van der Waals surface area contributed by atoms with E-state index in [9.17, 15) is 9.59 Å². The van der Waals surface area contributed by atoms with E-state index in [2.05, 4.69) is 6.92 Å². The van der Waals surface area contributed by atoms with Crippen LogP contribution in [0.5, 0.6) is 5.75 Å². The lowest BCUT2D eigenvalue weighted by Gasteiger charge is -2.32. The normalized spacial score (nSPS) is 17.8. The average Bonchev–Trinajstić information content (AvgIpc) is 2.58. The Morgan fingerprint density at radius 2 is 2.09 bits per heavy atom. The molecule has 1 amide bonds. The molecule has 126 valence electrons. The molecule has 6 nitrogen and oxygen atoms in total. The highest BCUT2D eigenvalue weighted by atomic mass is 16.5. The number of aliphatic carboxylic acids is 1. The average molecular weight is 321 g/mol. The van der Waals surface area contributed by atoms with Crippen molar-refractivity contribution >= 4 is 11.9 Å². The lowest BCUT2D eigenvalue weighted by atomic mass is 10.1. The summed E-state index contributed by atoms with van der Waals surface area (Å²) in [7, 11) is 0. The maximum Gasteiger partial charge on any atom is 0.328 e. The van der Waals surface area contributed by atoms with E-state index in [4.69, 9.17) is 14.6 Å². The van der Waals surface area contributed by atoms with Crippen molar-refractivity contribution in [2.45, 2.75) is 32.2 Å². The van der Waals surface area contributed by atoms with Gasteiger partial charge in [0.05, 0.1) is 19.8 Å². The Kier molecular flexibility index (Phi) is 6.40. The van der Waals surface area contributed by atoms with Crippen LogP contribution < -0.4 is 4.74 Å². The predicted molar refractivity (Wildman–Crippen MR) is 84.5 cm³/mol. The Hall–Kier alpha value is -2.08. The number of hydrogen-bond acceptors (Lipinski definition) is 4. The summed E-state index contributed by atoms with van der Waals surface area (Å²) in [5.74, 6) is -0.344. The number of rotatable bonds is 7. The Balaban J connectivity index is 1.86. The van der Waals surface area contributed by atoms with Crippen molar-refractivity contribution in [3.05, 3.63) is 29.8 Å². The van der Waals surface area contributed by atoms with E-state index >= 15 is 0 Å². The van der Waals surface area contributed by atoms with Crippen LogP contribution in [0.25, 0.3) is 0 Å². The number of benzene rings is 1. The molecule has 0 aliphatic carbocycles. The third kappa shape index (κ3) is 4.96. The van der Waals surface area contributed by atoms with Gasteiger partial charge in [-0.25, -0.2) is 4.79 Å². The molecule has 2 rings (SSSR count). The van der Waals surface area contributed by atoms with Crippen LogP contribution in [0.3, 0.4) is 0 Å².